The van der Waals surface area contributed by atoms with E-state index in [9.17, 15) is 9.59 Å². The summed E-state index contributed by atoms with van der Waals surface area (Å²) >= 11 is 0. The van der Waals surface area contributed by atoms with Crippen LogP contribution in [0.1, 0.15) is 60.0 Å². The maximum Gasteiger partial charge on any atom is 0.255 e. The zero-order valence-corrected chi connectivity index (χ0v) is 19.6. The second kappa shape index (κ2) is 9.94. The number of hydrogen-bond donors (Lipinski definition) is 2. The van der Waals surface area contributed by atoms with Gasteiger partial charge in [0.25, 0.3) is 5.91 Å². The molecule has 1 aromatic heterocycles. The molecule has 6 heteroatoms. The van der Waals surface area contributed by atoms with Gasteiger partial charge in [-0.05, 0) is 86.1 Å². The summed E-state index contributed by atoms with van der Waals surface area (Å²) in [7, 11) is 0. The molecule has 0 bridgehead atoms. The number of aryl methyl sites for hydroxylation is 1. The number of carbonyl (C=O) groups is 2. The summed E-state index contributed by atoms with van der Waals surface area (Å²) in [4.78, 5) is 28.9. The van der Waals surface area contributed by atoms with Crippen LogP contribution in [-0.4, -0.2) is 29.3 Å². The number of ether oxygens (including phenoxy) is 1. The van der Waals surface area contributed by atoms with E-state index in [1.165, 1.54) is 12.8 Å². The Bertz CT molecular complexity index is 1190. The highest BCUT2D eigenvalue weighted by molar-refractivity contribution is 6.06. The van der Waals surface area contributed by atoms with Crippen molar-refractivity contribution in [1.82, 2.24) is 10.3 Å². The lowest BCUT2D eigenvalue weighted by Crippen LogP contribution is -2.32. The molecule has 2 aliphatic carbocycles. The molecule has 1 amide bonds. The number of aromatic nitrogens is 1. The first-order valence-electron chi connectivity index (χ1n) is 12.2. The minimum absolute atomic E-state index is 0.150. The monoisotopic (exact) mass is 457 g/mol. The zero-order chi connectivity index (χ0) is 23.5. The number of nitrogens with zero attached hydrogens (tertiary/aromatic N) is 1. The van der Waals surface area contributed by atoms with Crippen molar-refractivity contribution in [1.29, 1.82) is 0 Å². The first-order valence-corrected chi connectivity index (χ1v) is 12.2. The number of anilines is 1. The van der Waals surface area contributed by atoms with Crippen LogP contribution in [0.15, 0.2) is 48.7 Å². The standard InChI is InChI=1S/C28H31N3O3/c1-18-26(31-28(33)21-4-11-25(12-5-21)34-17-19-2-3-19)13-6-22-14-20(16-30-27(18)22)15-29-23-7-9-24(32)10-8-23/h4-6,11-14,16,19,23,29H,2-3,7-10,15,17H2,1H3,(H,31,33). The number of rotatable bonds is 8. The lowest BCUT2D eigenvalue weighted by Gasteiger charge is -2.22. The number of hydrogen-bond acceptors (Lipinski definition) is 5. The molecule has 2 N–H and O–H groups in total. The first kappa shape index (κ1) is 22.5. The zero-order valence-electron chi connectivity index (χ0n) is 19.6. The lowest BCUT2D eigenvalue weighted by molar-refractivity contribution is -0.120. The second-order valence-corrected chi connectivity index (χ2v) is 9.58. The topological polar surface area (TPSA) is 80.3 Å². The average molecular weight is 458 g/mol. The van der Waals surface area contributed by atoms with Crippen LogP contribution >= 0.6 is 0 Å². The molecule has 0 radical (unpaired) electrons. The second-order valence-electron chi connectivity index (χ2n) is 9.58. The Kier molecular flexibility index (Phi) is 6.59. The molecule has 0 aliphatic heterocycles. The molecule has 1 heterocycles. The summed E-state index contributed by atoms with van der Waals surface area (Å²) in [6.07, 6.45) is 7.59. The molecule has 2 aliphatic rings. The van der Waals surface area contributed by atoms with Crippen LogP contribution in [0.25, 0.3) is 10.9 Å². The predicted octanol–water partition coefficient (Wildman–Crippen LogP) is 5.19. The summed E-state index contributed by atoms with van der Waals surface area (Å²) in [5.41, 5.74) is 4.30. The van der Waals surface area contributed by atoms with E-state index in [-0.39, 0.29) is 5.91 Å². The summed E-state index contributed by atoms with van der Waals surface area (Å²) in [5.74, 6) is 1.72. The number of amides is 1. The van der Waals surface area contributed by atoms with Crippen molar-refractivity contribution < 1.29 is 14.3 Å². The molecule has 0 saturated heterocycles. The maximum atomic E-state index is 12.8. The molecular formula is C28H31N3O3. The van der Waals surface area contributed by atoms with E-state index in [0.29, 0.717) is 36.1 Å². The van der Waals surface area contributed by atoms with Gasteiger partial charge in [0.05, 0.1) is 12.1 Å². The maximum absolute atomic E-state index is 12.8. The van der Waals surface area contributed by atoms with Crippen molar-refractivity contribution in [2.75, 3.05) is 11.9 Å². The Morgan fingerprint density at radius 1 is 1.06 bits per heavy atom. The molecule has 0 spiro atoms. The summed E-state index contributed by atoms with van der Waals surface area (Å²) in [6, 6.07) is 13.8. The van der Waals surface area contributed by atoms with Crippen LogP contribution < -0.4 is 15.4 Å². The smallest absolute Gasteiger partial charge is 0.255 e. The van der Waals surface area contributed by atoms with Gasteiger partial charge in [-0.3, -0.25) is 14.6 Å². The predicted molar refractivity (Wildman–Crippen MR) is 133 cm³/mol. The molecule has 6 nitrogen and oxygen atoms in total. The Hall–Kier alpha value is -3.25. The third kappa shape index (κ3) is 5.45. The van der Waals surface area contributed by atoms with Crippen molar-refractivity contribution >= 4 is 28.3 Å². The minimum atomic E-state index is -0.150. The Morgan fingerprint density at radius 3 is 2.56 bits per heavy atom. The Labute approximate surface area is 200 Å². The van der Waals surface area contributed by atoms with Crippen molar-refractivity contribution in [3.63, 3.8) is 0 Å². The van der Waals surface area contributed by atoms with Gasteiger partial charge in [-0.2, -0.15) is 0 Å². The number of fused-ring (bicyclic) bond motifs is 1. The molecule has 2 aromatic carbocycles. The van der Waals surface area contributed by atoms with Gasteiger partial charge in [-0.25, -0.2) is 0 Å². The van der Waals surface area contributed by atoms with E-state index in [4.69, 9.17) is 4.74 Å². The van der Waals surface area contributed by atoms with Crippen molar-refractivity contribution in [3.05, 3.63) is 65.4 Å². The molecule has 5 rings (SSSR count). The largest absolute Gasteiger partial charge is 0.493 e. The first-order chi connectivity index (χ1) is 16.5. The number of pyridine rings is 1. The van der Waals surface area contributed by atoms with Crippen LogP contribution in [0.3, 0.4) is 0 Å². The third-order valence-corrected chi connectivity index (χ3v) is 6.85. The normalized spacial score (nSPS) is 16.6. The minimum Gasteiger partial charge on any atom is -0.493 e. The van der Waals surface area contributed by atoms with Gasteiger partial charge < -0.3 is 15.4 Å². The highest BCUT2D eigenvalue weighted by atomic mass is 16.5. The molecule has 176 valence electrons. The molecule has 2 fully saturated rings. The Morgan fingerprint density at radius 2 is 1.82 bits per heavy atom. The van der Waals surface area contributed by atoms with Crippen molar-refractivity contribution in [3.8, 4) is 5.75 Å². The van der Waals surface area contributed by atoms with E-state index in [1.807, 2.05) is 37.4 Å². The molecule has 0 unspecified atom stereocenters. The average Bonchev–Trinajstić information content (AvgIpc) is 3.69. The molecule has 34 heavy (non-hydrogen) atoms. The van der Waals surface area contributed by atoms with Gasteiger partial charge in [0.1, 0.15) is 11.5 Å². The highest BCUT2D eigenvalue weighted by Crippen LogP contribution is 2.30. The van der Waals surface area contributed by atoms with Crippen LogP contribution in [-0.2, 0) is 11.3 Å². The van der Waals surface area contributed by atoms with E-state index in [0.717, 1.165) is 59.5 Å². The van der Waals surface area contributed by atoms with Gasteiger partial charge in [0.2, 0.25) is 0 Å². The van der Waals surface area contributed by atoms with Gasteiger partial charge >= 0.3 is 0 Å². The van der Waals surface area contributed by atoms with E-state index >= 15 is 0 Å². The quantitative estimate of drug-likeness (QED) is 0.487. The third-order valence-electron chi connectivity index (χ3n) is 6.85. The fraction of sp³-hybridized carbons (Fsp3) is 0.393. The molecule has 0 atom stereocenters. The fourth-order valence-electron chi connectivity index (χ4n) is 4.43. The van der Waals surface area contributed by atoms with Crippen LogP contribution in [0, 0.1) is 12.8 Å². The van der Waals surface area contributed by atoms with E-state index in [1.54, 1.807) is 12.1 Å². The van der Waals surface area contributed by atoms with Crippen molar-refractivity contribution in [2.45, 2.75) is 58.0 Å². The van der Waals surface area contributed by atoms with Gasteiger partial charge in [0, 0.05) is 48.3 Å². The number of benzene rings is 2. The number of nitrogens with one attached hydrogen (secondary N) is 2. The van der Waals surface area contributed by atoms with E-state index < -0.39 is 0 Å². The SMILES string of the molecule is Cc1c(NC(=O)c2ccc(OCC3CC3)cc2)ccc2cc(CNC3CCC(=O)CC3)cnc12. The van der Waals surface area contributed by atoms with Crippen LogP contribution in [0.2, 0.25) is 0 Å². The summed E-state index contributed by atoms with van der Waals surface area (Å²) < 4.78 is 5.76. The lowest BCUT2D eigenvalue weighted by atomic mass is 9.94. The highest BCUT2D eigenvalue weighted by Gasteiger charge is 2.22. The van der Waals surface area contributed by atoms with Crippen LogP contribution in [0.5, 0.6) is 5.75 Å². The molecular weight excluding hydrogens is 426 g/mol. The molecule has 3 aromatic rings. The summed E-state index contributed by atoms with van der Waals surface area (Å²) in [6.45, 7) is 3.48. The summed E-state index contributed by atoms with van der Waals surface area (Å²) in [5, 5.41) is 7.63. The van der Waals surface area contributed by atoms with E-state index in [2.05, 4.69) is 21.7 Å². The van der Waals surface area contributed by atoms with Crippen molar-refractivity contribution in [2.24, 2.45) is 5.92 Å². The van der Waals surface area contributed by atoms with Gasteiger partial charge in [-0.15, -0.1) is 0 Å². The number of ketones is 1. The number of carbonyl (C=O) groups excluding carboxylic acids is 2. The molecule has 2 saturated carbocycles. The number of Topliss-reactive ketones (excluding diaryl/α,β-unsaturated/α-hetero) is 1. The Balaban J connectivity index is 1.22. The van der Waals surface area contributed by atoms with Crippen LogP contribution in [0.4, 0.5) is 5.69 Å². The van der Waals surface area contributed by atoms with Gasteiger partial charge in [-0.1, -0.05) is 6.07 Å². The fourth-order valence-corrected chi connectivity index (χ4v) is 4.43. The van der Waals surface area contributed by atoms with Gasteiger partial charge in [0.15, 0.2) is 0 Å².